The quantitative estimate of drug-likeness (QED) is 0.652. The predicted octanol–water partition coefficient (Wildman–Crippen LogP) is 2.36. The minimum absolute atomic E-state index is 0.143. The van der Waals surface area contributed by atoms with E-state index in [1.807, 2.05) is 13.8 Å². The summed E-state index contributed by atoms with van der Waals surface area (Å²) in [4.78, 5) is 11.8. The molecule has 0 aliphatic rings. The van der Waals surface area contributed by atoms with Gasteiger partial charge in [-0.3, -0.25) is 4.79 Å². The Labute approximate surface area is 107 Å². The van der Waals surface area contributed by atoms with Gasteiger partial charge in [-0.1, -0.05) is 41.5 Å². The van der Waals surface area contributed by atoms with E-state index in [2.05, 4.69) is 38.3 Å². The van der Waals surface area contributed by atoms with Crippen LogP contribution in [0.2, 0.25) is 0 Å². The Morgan fingerprint density at radius 3 is 2.00 bits per heavy atom. The number of carbonyl (C=O) groups is 1. The van der Waals surface area contributed by atoms with Gasteiger partial charge in [0, 0.05) is 30.5 Å². The lowest BCUT2D eigenvalue weighted by atomic mass is 9.99. The monoisotopic (exact) mass is 242 g/mol. The van der Waals surface area contributed by atoms with E-state index in [-0.39, 0.29) is 5.92 Å². The van der Waals surface area contributed by atoms with Crippen molar-refractivity contribution in [1.29, 1.82) is 0 Å². The molecule has 0 aromatic rings. The Balaban J connectivity index is 4.09. The molecule has 3 heteroatoms. The molecule has 0 saturated heterocycles. The Hall–Kier alpha value is -0.410. The zero-order valence-corrected chi connectivity index (χ0v) is 12.3. The minimum Gasteiger partial charge on any atom is -0.314 e. The van der Waals surface area contributed by atoms with Crippen molar-refractivity contribution in [2.24, 2.45) is 5.92 Å². The van der Waals surface area contributed by atoms with E-state index in [9.17, 15) is 4.79 Å². The maximum atomic E-state index is 11.8. The molecular formula is C14H30N2O. The number of hydrogen-bond donors (Lipinski definition) is 2. The van der Waals surface area contributed by atoms with Crippen LogP contribution in [0, 0.1) is 5.92 Å². The van der Waals surface area contributed by atoms with Crippen LogP contribution in [0.25, 0.3) is 0 Å². The summed E-state index contributed by atoms with van der Waals surface area (Å²) >= 11 is 0. The van der Waals surface area contributed by atoms with Crippen LogP contribution >= 0.6 is 0 Å². The molecule has 0 radical (unpaired) electrons. The molecule has 0 rings (SSSR count). The van der Waals surface area contributed by atoms with Gasteiger partial charge in [-0.05, 0) is 13.0 Å². The third-order valence-electron chi connectivity index (χ3n) is 2.71. The lowest BCUT2D eigenvalue weighted by molar-refractivity contribution is -0.122. The third-order valence-corrected chi connectivity index (χ3v) is 2.71. The first-order chi connectivity index (χ1) is 7.82. The predicted molar refractivity (Wildman–Crippen MR) is 74.3 cm³/mol. The van der Waals surface area contributed by atoms with E-state index in [0.29, 0.717) is 30.3 Å². The van der Waals surface area contributed by atoms with Gasteiger partial charge in [0.15, 0.2) is 0 Å². The van der Waals surface area contributed by atoms with E-state index in [1.54, 1.807) is 0 Å². The van der Waals surface area contributed by atoms with Crippen LogP contribution in [0.1, 0.15) is 54.4 Å². The number of rotatable bonds is 9. The highest BCUT2D eigenvalue weighted by Crippen LogP contribution is 2.06. The molecule has 102 valence electrons. The number of nitrogens with one attached hydrogen (secondary N) is 2. The lowest BCUT2D eigenvalue weighted by Crippen LogP contribution is -2.39. The molecule has 0 unspecified atom stereocenters. The molecule has 0 aliphatic carbocycles. The van der Waals surface area contributed by atoms with Crippen molar-refractivity contribution in [3.8, 4) is 0 Å². The molecule has 0 saturated carbocycles. The maximum absolute atomic E-state index is 11.8. The fourth-order valence-corrected chi connectivity index (χ4v) is 1.74. The molecule has 0 heterocycles. The Bertz CT molecular complexity index is 212. The average molecular weight is 242 g/mol. The first-order valence-electron chi connectivity index (χ1n) is 6.85. The topological polar surface area (TPSA) is 41.1 Å². The standard InChI is InChI=1S/C14H30N2O/c1-10(2)14(17)9-13(16-12(5)6)7-8-15-11(3)4/h10-13,15-16H,7-9H2,1-6H3/t13-/m1/s1. The van der Waals surface area contributed by atoms with E-state index >= 15 is 0 Å². The van der Waals surface area contributed by atoms with Gasteiger partial charge in [-0.15, -0.1) is 0 Å². The summed E-state index contributed by atoms with van der Waals surface area (Å²) in [5.41, 5.74) is 0. The Morgan fingerprint density at radius 1 is 1.00 bits per heavy atom. The van der Waals surface area contributed by atoms with E-state index in [0.717, 1.165) is 13.0 Å². The SMILES string of the molecule is CC(C)NCC[C@H](CC(=O)C(C)C)NC(C)C. The zero-order chi connectivity index (χ0) is 13.4. The van der Waals surface area contributed by atoms with Gasteiger partial charge in [-0.25, -0.2) is 0 Å². The fourth-order valence-electron chi connectivity index (χ4n) is 1.74. The van der Waals surface area contributed by atoms with Crippen molar-refractivity contribution < 1.29 is 4.79 Å². The van der Waals surface area contributed by atoms with Gasteiger partial charge in [0.1, 0.15) is 5.78 Å². The molecule has 0 amide bonds. The molecule has 17 heavy (non-hydrogen) atoms. The highest BCUT2D eigenvalue weighted by molar-refractivity contribution is 5.80. The van der Waals surface area contributed by atoms with Crippen molar-refractivity contribution in [2.75, 3.05) is 6.54 Å². The van der Waals surface area contributed by atoms with Crippen LogP contribution in [0.5, 0.6) is 0 Å². The number of ketones is 1. The normalized spacial score (nSPS) is 13.7. The molecule has 0 fully saturated rings. The number of carbonyl (C=O) groups excluding carboxylic acids is 1. The maximum Gasteiger partial charge on any atom is 0.136 e. The van der Waals surface area contributed by atoms with Crippen LogP contribution in [0.4, 0.5) is 0 Å². The zero-order valence-electron chi connectivity index (χ0n) is 12.3. The number of hydrogen-bond acceptors (Lipinski definition) is 3. The molecule has 0 spiro atoms. The van der Waals surface area contributed by atoms with Crippen molar-refractivity contribution in [2.45, 2.75) is 72.5 Å². The molecule has 0 bridgehead atoms. The molecule has 0 aliphatic heterocycles. The highest BCUT2D eigenvalue weighted by atomic mass is 16.1. The summed E-state index contributed by atoms with van der Waals surface area (Å²) in [6.45, 7) is 13.5. The second kappa shape index (κ2) is 8.65. The molecular weight excluding hydrogens is 212 g/mol. The van der Waals surface area contributed by atoms with Crippen LogP contribution in [0.15, 0.2) is 0 Å². The van der Waals surface area contributed by atoms with Crippen LogP contribution in [-0.2, 0) is 4.79 Å². The molecule has 3 nitrogen and oxygen atoms in total. The van der Waals surface area contributed by atoms with E-state index in [4.69, 9.17) is 0 Å². The second-order valence-electron chi connectivity index (χ2n) is 5.74. The first-order valence-corrected chi connectivity index (χ1v) is 6.85. The molecule has 1 atom stereocenters. The van der Waals surface area contributed by atoms with Crippen LogP contribution in [0.3, 0.4) is 0 Å². The van der Waals surface area contributed by atoms with Gasteiger partial charge in [-0.2, -0.15) is 0 Å². The third kappa shape index (κ3) is 9.31. The van der Waals surface area contributed by atoms with Crippen molar-refractivity contribution in [3.63, 3.8) is 0 Å². The molecule has 0 aromatic carbocycles. The summed E-state index contributed by atoms with van der Waals surface area (Å²) in [6, 6.07) is 1.24. The number of Topliss-reactive ketones (excluding diaryl/α,β-unsaturated/α-hetero) is 1. The van der Waals surface area contributed by atoms with Gasteiger partial charge >= 0.3 is 0 Å². The van der Waals surface area contributed by atoms with E-state index in [1.165, 1.54) is 0 Å². The molecule has 0 aromatic heterocycles. The lowest BCUT2D eigenvalue weighted by Gasteiger charge is -2.22. The largest absolute Gasteiger partial charge is 0.314 e. The van der Waals surface area contributed by atoms with Crippen LogP contribution < -0.4 is 10.6 Å². The molecule has 2 N–H and O–H groups in total. The Morgan fingerprint density at radius 2 is 1.59 bits per heavy atom. The second-order valence-corrected chi connectivity index (χ2v) is 5.74. The fraction of sp³-hybridized carbons (Fsp3) is 0.929. The summed E-state index contributed by atoms with van der Waals surface area (Å²) in [7, 11) is 0. The van der Waals surface area contributed by atoms with Gasteiger partial charge in [0.05, 0.1) is 0 Å². The minimum atomic E-state index is 0.143. The van der Waals surface area contributed by atoms with Crippen molar-refractivity contribution >= 4 is 5.78 Å². The smallest absolute Gasteiger partial charge is 0.136 e. The van der Waals surface area contributed by atoms with Crippen LogP contribution in [-0.4, -0.2) is 30.5 Å². The highest BCUT2D eigenvalue weighted by Gasteiger charge is 2.16. The van der Waals surface area contributed by atoms with Gasteiger partial charge in [0.25, 0.3) is 0 Å². The summed E-state index contributed by atoms with van der Waals surface area (Å²) in [5.74, 6) is 0.497. The van der Waals surface area contributed by atoms with Gasteiger partial charge in [0.2, 0.25) is 0 Å². The summed E-state index contributed by atoms with van der Waals surface area (Å²) in [5, 5.41) is 6.88. The van der Waals surface area contributed by atoms with Crippen molar-refractivity contribution in [3.05, 3.63) is 0 Å². The first kappa shape index (κ1) is 16.6. The van der Waals surface area contributed by atoms with Gasteiger partial charge < -0.3 is 10.6 Å². The van der Waals surface area contributed by atoms with E-state index < -0.39 is 0 Å². The summed E-state index contributed by atoms with van der Waals surface area (Å²) < 4.78 is 0. The summed E-state index contributed by atoms with van der Waals surface area (Å²) in [6.07, 6.45) is 1.66. The van der Waals surface area contributed by atoms with Crippen molar-refractivity contribution in [1.82, 2.24) is 10.6 Å². The Kier molecular flexibility index (Phi) is 8.44. The average Bonchev–Trinajstić information content (AvgIpc) is 2.15.